The molecule has 0 unspecified atom stereocenters. The summed E-state index contributed by atoms with van der Waals surface area (Å²) >= 11 is 0. The molecule has 0 aliphatic carbocycles. The molecule has 92 valence electrons. The summed E-state index contributed by atoms with van der Waals surface area (Å²) in [6, 6.07) is 9.39. The topological polar surface area (TPSA) is 26.3 Å². The van der Waals surface area contributed by atoms with Gasteiger partial charge in [-0.1, -0.05) is 35.9 Å². The van der Waals surface area contributed by atoms with Crippen molar-refractivity contribution in [2.75, 3.05) is 13.2 Å². The van der Waals surface area contributed by atoms with Gasteiger partial charge in [0.05, 0.1) is 6.61 Å². The van der Waals surface area contributed by atoms with E-state index in [4.69, 9.17) is 4.74 Å². The van der Waals surface area contributed by atoms with Gasteiger partial charge in [0.2, 0.25) is 0 Å². The maximum Gasteiger partial charge on any atom is 0.162 e. The van der Waals surface area contributed by atoms with Crippen molar-refractivity contribution >= 4 is 5.78 Å². The first-order valence-corrected chi connectivity index (χ1v) is 6.00. The third kappa shape index (κ3) is 6.03. The summed E-state index contributed by atoms with van der Waals surface area (Å²) in [5.74, 6) is 0.189. The monoisotopic (exact) mass is 232 g/mol. The Kier molecular flexibility index (Phi) is 6.26. The quantitative estimate of drug-likeness (QED) is 0.388. The molecule has 17 heavy (non-hydrogen) atoms. The summed E-state index contributed by atoms with van der Waals surface area (Å²) in [5, 5.41) is 0. The van der Waals surface area contributed by atoms with Crippen LogP contribution in [0.15, 0.2) is 42.5 Å². The first kappa shape index (κ1) is 13.7. The predicted molar refractivity (Wildman–Crippen MR) is 70.3 cm³/mol. The second-order valence-electron chi connectivity index (χ2n) is 4.21. The highest BCUT2D eigenvalue weighted by Gasteiger charge is 2.03. The van der Waals surface area contributed by atoms with Crippen LogP contribution in [0.2, 0.25) is 0 Å². The molecule has 2 heteroatoms. The molecule has 0 fully saturated rings. The van der Waals surface area contributed by atoms with E-state index in [1.165, 1.54) is 0 Å². The molecule has 0 radical (unpaired) electrons. The fraction of sp³-hybridized carbons (Fsp3) is 0.400. The fourth-order valence-electron chi connectivity index (χ4n) is 1.45. The molecule has 1 rings (SSSR count). The van der Waals surface area contributed by atoms with Gasteiger partial charge >= 0.3 is 0 Å². The minimum absolute atomic E-state index is 0.189. The van der Waals surface area contributed by atoms with E-state index in [1.807, 2.05) is 37.3 Å². The van der Waals surface area contributed by atoms with Crippen molar-refractivity contribution in [2.24, 2.45) is 0 Å². The van der Waals surface area contributed by atoms with E-state index in [0.717, 1.165) is 24.0 Å². The van der Waals surface area contributed by atoms with E-state index in [2.05, 4.69) is 6.58 Å². The van der Waals surface area contributed by atoms with E-state index in [1.54, 1.807) is 0 Å². The minimum atomic E-state index is 0.189. The van der Waals surface area contributed by atoms with Crippen LogP contribution in [0.25, 0.3) is 0 Å². The second kappa shape index (κ2) is 7.80. The molecule has 0 aromatic heterocycles. The van der Waals surface area contributed by atoms with Gasteiger partial charge < -0.3 is 4.74 Å². The number of Topliss-reactive ketones (excluding diaryl/α,β-unsaturated/α-hetero) is 1. The van der Waals surface area contributed by atoms with Crippen molar-refractivity contribution in [3.8, 4) is 0 Å². The van der Waals surface area contributed by atoms with Crippen LogP contribution < -0.4 is 0 Å². The van der Waals surface area contributed by atoms with Gasteiger partial charge in [0.25, 0.3) is 0 Å². The average molecular weight is 232 g/mol. The molecule has 0 amide bonds. The molecule has 0 aliphatic rings. The fourth-order valence-corrected chi connectivity index (χ4v) is 1.45. The molecule has 0 saturated heterocycles. The number of ketones is 1. The van der Waals surface area contributed by atoms with E-state index in [-0.39, 0.29) is 5.78 Å². The van der Waals surface area contributed by atoms with Gasteiger partial charge in [-0.3, -0.25) is 4.79 Å². The zero-order valence-corrected chi connectivity index (χ0v) is 10.4. The van der Waals surface area contributed by atoms with Gasteiger partial charge in [0.15, 0.2) is 5.78 Å². The number of hydrogen-bond acceptors (Lipinski definition) is 2. The number of carbonyl (C=O) groups is 1. The predicted octanol–water partition coefficient (Wildman–Crippen LogP) is 3.63. The average Bonchev–Trinajstić information content (AvgIpc) is 2.34. The van der Waals surface area contributed by atoms with Crippen molar-refractivity contribution < 1.29 is 9.53 Å². The van der Waals surface area contributed by atoms with Crippen molar-refractivity contribution in [1.82, 2.24) is 0 Å². The highest BCUT2D eigenvalue weighted by Crippen LogP contribution is 2.05. The minimum Gasteiger partial charge on any atom is -0.381 e. The van der Waals surface area contributed by atoms with Crippen LogP contribution in [0.1, 0.15) is 36.5 Å². The van der Waals surface area contributed by atoms with E-state index < -0.39 is 0 Å². The maximum absolute atomic E-state index is 11.7. The van der Waals surface area contributed by atoms with Crippen molar-refractivity contribution in [3.05, 3.63) is 48.0 Å². The van der Waals surface area contributed by atoms with E-state index in [0.29, 0.717) is 19.6 Å². The lowest BCUT2D eigenvalue weighted by atomic mass is 10.1. The summed E-state index contributed by atoms with van der Waals surface area (Å²) in [7, 11) is 0. The number of hydrogen-bond donors (Lipinski definition) is 0. The lowest BCUT2D eigenvalue weighted by molar-refractivity contribution is 0.0940. The van der Waals surface area contributed by atoms with Crippen LogP contribution in [-0.2, 0) is 4.74 Å². The Morgan fingerprint density at radius 3 is 2.53 bits per heavy atom. The first-order chi connectivity index (χ1) is 8.20. The molecule has 0 spiro atoms. The van der Waals surface area contributed by atoms with Crippen molar-refractivity contribution in [2.45, 2.75) is 26.2 Å². The van der Waals surface area contributed by atoms with E-state index in [9.17, 15) is 4.79 Å². The molecule has 1 aromatic rings. The van der Waals surface area contributed by atoms with Gasteiger partial charge in [0.1, 0.15) is 0 Å². The van der Waals surface area contributed by atoms with Crippen LogP contribution in [0, 0.1) is 0 Å². The van der Waals surface area contributed by atoms with Crippen LogP contribution >= 0.6 is 0 Å². The molecule has 2 nitrogen and oxygen atoms in total. The third-order valence-electron chi connectivity index (χ3n) is 2.46. The summed E-state index contributed by atoms with van der Waals surface area (Å²) in [6.45, 7) is 7.14. The van der Waals surface area contributed by atoms with Crippen molar-refractivity contribution in [3.63, 3.8) is 0 Å². The molecule has 0 N–H and O–H groups in total. The SMILES string of the molecule is C=C(C)CCOCCCC(=O)c1ccccc1. The summed E-state index contributed by atoms with van der Waals surface area (Å²) in [6.07, 6.45) is 2.23. The molecule has 0 saturated carbocycles. The van der Waals surface area contributed by atoms with Crippen LogP contribution in [-0.4, -0.2) is 19.0 Å². The lowest BCUT2D eigenvalue weighted by Crippen LogP contribution is -2.03. The number of carbonyl (C=O) groups excluding carboxylic acids is 1. The Labute approximate surface area is 103 Å². The zero-order chi connectivity index (χ0) is 12.5. The summed E-state index contributed by atoms with van der Waals surface area (Å²) in [4.78, 5) is 11.7. The lowest BCUT2D eigenvalue weighted by Gasteiger charge is -2.04. The Bertz CT molecular complexity index is 354. The molecule has 1 aromatic carbocycles. The number of rotatable bonds is 8. The summed E-state index contributed by atoms with van der Waals surface area (Å²) in [5.41, 5.74) is 1.92. The first-order valence-electron chi connectivity index (χ1n) is 6.00. The number of benzene rings is 1. The normalized spacial score (nSPS) is 10.2. The van der Waals surface area contributed by atoms with Crippen LogP contribution in [0.3, 0.4) is 0 Å². The van der Waals surface area contributed by atoms with Gasteiger partial charge in [-0.15, -0.1) is 6.58 Å². The van der Waals surface area contributed by atoms with Gasteiger partial charge in [-0.25, -0.2) is 0 Å². The van der Waals surface area contributed by atoms with E-state index >= 15 is 0 Å². The largest absolute Gasteiger partial charge is 0.381 e. The Balaban J connectivity index is 2.11. The molecule has 0 bridgehead atoms. The smallest absolute Gasteiger partial charge is 0.162 e. The Morgan fingerprint density at radius 1 is 1.18 bits per heavy atom. The molecular weight excluding hydrogens is 212 g/mol. The molecule has 0 aliphatic heterocycles. The van der Waals surface area contributed by atoms with Crippen LogP contribution in [0.5, 0.6) is 0 Å². The Morgan fingerprint density at radius 2 is 1.88 bits per heavy atom. The Hall–Kier alpha value is -1.41. The zero-order valence-electron chi connectivity index (χ0n) is 10.4. The van der Waals surface area contributed by atoms with Gasteiger partial charge in [-0.05, 0) is 19.8 Å². The van der Waals surface area contributed by atoms with Gasteiger partial charge in [0, 0.05) is 18.6 Å². The molecule has 0 atom stereocenters. The van der Waals surface area contributed by atoms with Gasteiger partial charge in [-0.2, -0.15) is 0 Å². The summed E-state index contributed by atoms with van der Waals surface area (Å²) < 4.78 is 5.42. The highest BCUT2D eigenvalue weighted by atomic mass is 16.5. The number of ether oxygens (including phenoxy) is 1. The molecule has 0 heterocycles. The second-order valence-corrected chi connectivity index (χ2v) is 4.21. The standard InChI is InChI=1S/C15H20O2/c1-13(2)10-12-17-11-6-9-15(16)14-7-4-3-5-8-14/h3-5,7-8H,1,6,9-12H2,2H3. The maximum atomic E-state index is 11.7. The van der Waals surface area contributed by atoms with Crippen LogP contribution in [0.4, 0.5) is 0 Å². The molecular formula is C15H20O2. The van der Waals surface area contributed by atoms with Crippen molar-refractivity contribution in [1.29, 1.82) is 0 Å². The highest BCUT2D eigenvalue weighted by molar-refractivity contribution is 5.95. The third-order valence-corrected chi connectivity index (χ3v) is 2.46.